The van der Waals surface area contributed by atoms with Crippen LogP contribution in [-0.4, -0.2) is 17.1 Å². The maximum atomic E-state index is 13.4. The molecule has 1 N–H and O–H groups in total. The summed E-state index contributed by atoms with van der Waals surface area (Å²) in [6.07, 6.45) is 0. The monoisotopic (exact) mass is 259 g/mol. The first-order chi connectivity index (χ1) is 9.19. The predicted octanol–water partition coefficient (Wildman–Crippen LogP) is 2.20. The van der Waals surface area contributed by atoms with E-state index in [0.29, 0.717) is 5.82 Å². The molecule has 2 heterocycles. The third kappa shape index (κ3) is 2.06. The number of rotatable bonds is 2. The zero-order valence-corrected chi connectivity index (χ0v) is 10.8. The van der Waals surface area contributed by atoms with Crippen LogP contribution in [-0.2, 0) is 13.1 Å². The summed E-state index contributed by atoms with van der Waals surface area (Å²) in [5.41, 5.74) is 3.91. The molecule has 0 atom stereocenters. The molecule has 0 aliphatic carbocycles. The Kier molecular flexibility index (Phi) is 2.91. The summed E-state index contributed by atoms with van der Waals surface area (Å²) < 4.78 is 18.4. The summed E-state index contributed by atoms with van der Waals surface area (Å²) in [7, 11) is 1.45. The lowest BCUT2D eigenvalue weighted by Gasteiger charge is -2.08. The lowest BCUT2D eigenvalue weighted by molar-refractivity contribution is 0.386. The van der Waals surface area contributed by atoms with Crippen molar-refractivity contribution in [2.24, 2.45) is 0 Å². The molecule has 19 heavy (non-hydrogen) atoms. The number of nitrogens with zero attached hydrogens (tertiary/aromatic N) is 2. The summed E-state index contributed by atoms with van der Waals surface area (Å²) in [5.74, 6) is 0.432. The second kappa shape index (κ2) is 4.59. The van der Waals surface area contributed by atoms with E-state index in [9.17, 15) is 4.39 Å². The van der Waals surface area contributed by atoms with Gasteiger partial charge in [0, 0.05) is 29.9 Å². The van der Waals surface area contributed by atoms with Crippen molar-refractivity contribution in [3.63, 3.8) is 0 Å². The van der Waals surface area contributed by atoms with Gasteiger partial charge in [0.2, 0.25) is 0 Å². The van der Waals surface area contributed by atoms with Crippen LogP contribution in [0.15, 0.2) is 18.2 Å². The number of hydrogen-bond donors (Lipinski definition) is 1. The van der Waals surface area contributed by atoms with Gasteiger partial charge in [-0.05, 0) is 25.1 Å². The van der Waals surface area contributed by atoms with Gasteiger partial charge in [-0.2, -0.15) is 0 Å². The number of aryl methyl sites for hydroxylation is 1. The van der Waals surface area contributed by atoms with Crippen LogP contribution in [0, 0.1) is 12.7 Å². The van der Waals surface area contributed by atoms with E-state index in [1.54, 1.807) is 12.1 Å². The molecule has 2 aromatic rings. The van der Waals surface area contributed by atoms with E-state index >= 15 is 0 Å². The molecule has 0 fully saturated rings. The Hall–Kier alpha value is -2.01. The number of hydrogen-bond acceptors (Lipinski definition) is 4. The van der Waals surface area contributed by atoms with Gasteiger partial charge in [-0.3, -0.25) is 0 Å². The topological polar surface area (TPSA) is 47.0 Å². The molecule has 1 aromatic carbocycles. The fraction of sp³-hybridized carbons (Fsp3) is 0.286. The van der Waals surface area contributed by atoms with Crippen LogP contribution in [0.25, 0.3) is 11.4 Å². The van der Waals surface area contributed by atoms with Crippen LogP contribution in [0.5, 0.6) is 5.75 Å². The molecular formula is C14H14FN3O. The Balaban J connectivity index is 2.10. The van der Waals surface area contributed by atoms with Gasteiger partial charge in [-0.25, -0.2) is 14.4 Å². The fourth-order valence-electron chi connectivity index (χ4n) is 2.27. The van der Waals surface area contributed by atoms with Crippen LogP contribution in [0.2, 0.25) is 0 Å². The maximum absolute atomic E-state index is 13.4. The molecule has 1 aliphatic heterocycles. The van der Waals surface area contributed by atoms with Crippen LogP contribution in [0.1, 0.15) is 17.0 Å². The number of methoxy groups -OCH3 is 1. The van der Waals surface area contributed by atoms with Gasteiger partial charge in [0.05, 0.1) is 12.8 Å². The van der Waals surface area contributed by atoms with Gasteiger partial charge in [0.15, 0.2) is 17.4 Å². The summed E-state index contributed by atoms with van der Waals surface area (Å²) in [6.45, 7) is 3.54. The molecule has 0 saturated carbocycles. The summed E-state index contributed by atoms with van der Waals surface area (Å²) in [5, 5.41) is 3.25. The van der Waals surface area contributed by atoms with Crippen molar-refractivity contribution < 1.29 is 9.13 Å². The molecule has 0 spiro atoms. The van der Waals surface area contributed by atoms with E-state index in [4.69, 9.17) is 4.74 Å². The number of benzene rings is 1. The zero-order valence-electron chi connectivity index (χ0n) is 10.8. The van der Waals surface area contributed by atoms with E-state index < -0.39 is 0 Å². The smallest absolute Gasteiger partial charge is 0.165 e. The molecule has 1 aliphatic rings. The second-order valence-electron chi connectivity index (χ2n) is 4.51. The Morgan fingerprint density at radius 3 is 2.89 bits per heavy atom. The van der Waals surface area contributed by atoms with Gasteiger partial charge < -0.3 is 10.1 Å². The first-order valence-corrected chi connectivity index (χ1v) is 6.10. The highest BCUT2D eigenvalue weighted by molar-refractivity contribution is 5.58. The fourth-order valence-corrected chi connectivity index (χ4v) is 2.27. The molecule has 0 radical (unpaired) electrons. The lowest BCUT2D eigenvalue weighted by Crippen LogP contribution is -2.00. The minimum absolute atomic E-state index is 0.206. The number of halogens is 1. The highest BCUT2D eigenvalue weighted by Gasteiger charge is 2.17. The Morgan fingerprint density at radius 2 is 2.11 bits per heavy atom. The van der Waals surface area contributed by atoms with Crippen LogP contribution >= 0.6 is 0 Å². The van der Waals surface area contributed by atoms with Crippen LogP contribution in [0.4, 0.5) is 4.39 Å². The first kappa shape index (κ1) is 12.0. The lowest BCUT2D eigenvalue weighted by atomic mass is 10.1. The van der Waals surface area contributed by atoms with Gasteiger partial charge in [0.25, 0.3) is 0 Å². The third-order valence-corrected chi connectivity index (χ3v) is 3.30. The Morgan fingerprint density at radius 1 is 1.26 bits per heavy atom. The van der Waals surface area contributed by atoms with Crippen LogP contribution in [0.3, 0.4) is 0 Å². The molecule has 5 heteroatoms. The van der Waals surface area contributed by atoms with E-state index in [0.717, 1.165) is 35.6 Å². The van der Waals surface area contributed by atoms with Gasteiger partial charge >= 0.3 is 0 Å². The largest absolute Gasteiger partial charge is 0.494 e. The molecule has 0 amide bonds. The molecule has 3 rings (SSSR count). The van der Waals surface area contributed by atoms with Crippen molar-refractivity contribution in [3.8, 4) is 17.1 Å². The minimum atomic E-state index is -0.384. The van der Waals surface area contributed by atoms with Gasteiger partial charge in [-0.15, -0.1) is 0 Å². The van der Waals surface area contributed by atoms with Gasteiger partial charge in [0.1, 0.15) is 0 Å². The maximum Gasteiger partial charge on any atom is 0.165 e. The SMILES string of the molecule is COc1cc(-c2nc(C)c3c(n2)CNC3)ccc1F. The quantitative estimate of drug-likeness (QED) is 0.898. The summed E-state index contributed by atoms with van der Waals surface area (Å²) in [4.78, 5) is 9.03. The molecule has 98 valence electrons. The van der Waals surface area contributed by atoms with Crippen molar-refractivity contribution in [1.82, 2.24) is 15.3 Å². The van der Waals surface area contributed by atoms with Crippen LogP contribution < -0.4 is 10.1 Å². The van der Waals surface area contributed by atoms with E-state index in [-0.39, 0.29) is 11.6 Å². The molecule has 0 bridgehead atoms. The minimum Gasteiger partial charge on any atom is -0.494 e. The first-order valence-electron chi connectivity index (χ1n) is 6.10. The predicted molar refractivity (Wildman–Crippen MR) is 69.3 cm³/mol. The molecular weight excluding hydrogens is 245 g/mol. The standard InChI is InChI=1S/C14H14FN3O/c1-8-10-6-16-7-12(10)18-14(17-8)9-3-4-11(15)13(5-9)19-2/h3-5,16H,6-7H2,1-2H3. The van der Waals surface area contributed by atoms with Crippen molar-refractivity contribution in [3.05, 3.63) is 41.0 Å². The van der Waals surface area contributed by atoms with E-state index in [2.05, 4.69) is 15.3 Å². The Bertz CT molecular complexity index is 643. The average Bonchev–Trinajstić information content (AvgIpc) is 2.88. The third-order valence-electron chi connectivity index (χ3n) is 3.30. The highest BCUT2D eigenvalue weighted by atomic mass is 19.1. The average molecular weight is 259 g/mol. The molecule has 0 unspecified atom stereocenters. The number of nitrogens with one attached hydrogen (secondary N) is 1. The van der Waals surface area contributed by atoms with E-state index in [1.165, 1.54) is 13.2 Å². The number of ether oxygens (including phenoxy) is 1. The Labute approximate surface area is 110 Å². The molecule has 4 nitrogen and oxygen atoms in total. The van der Waals surface area contributed by atoms with Gasteiger partial charge in [-0.1, -0.05) is 0 Å². The summed E-state index contributed by atoms with van der Waals surface area (Å²) in [6, 6.07) is 4.67. The number of fused-ring (bicyclic) bond motifs is 1. The summed E-state index contributed by atoms with van der Waals surface area (Å²) >= 11 is 0. The number of aromatic nitrogens is 2. The normalized spacial score (nSPS) is 13.4. The van der Waals surface area contributed by atoms with Crippen molar-refractivity contribution in [2.75, 3.05) is 7.11 Å². The molecule has 1 aromatic heterocycles. The van der Waals surface area contributed by atoms with E-state index in [1.807, 2.05) is 6.92 Å². The second-order valence-corrected chi connectivity index (χ2v) is 4.51. The molecule has 0 saturated heterocycles. The van der Waals surface area contributed by atoms with Crippen molar-refractivity contribution >= 4 is 0 Å². The van der Waals surface area contributed by atoms with Crippen molar-refractivity contribution in [2.45, 2.75) is 20.0 Å². The zero-order chi connectivity index (χ0) is 13.4. The van der Waals surface area contributed by atoms with Crippen molar-refractivity contribution in [1.29, 1.82) is 0 Å². The highest BCUT2D eigenvalue weighted by Crippen LogP contribution is 2.26.